The van der Waals surface area contributed by atoms with Crippen molar-refractivity contribution in [2.24, 2.45) is 0 Å². The number of rotatable bonds is 13. The van der Waals surface area contributed by atoms with E-state index < -0.39 is 60.9 Å². The molecule has 34 heavy (non-hydrogen) atoms. The van der Waals surface area contributed by atoms with Crippen LogP contribution in [0.1, 0.15) is 6.42 Å². The Morgan fingerprint density at radius 1 is 0.853 bits per heavy atom. The van der Waals surface area contributed by atoms with Gasteiger partial charge in [0.2, 0.25) is 0 Å². The molecule has 0 heterocycles. The Kier molecular flexibility index (Phi) is 10.3. The van der Waals surface area contributed by atoms with Gasteiger partial charge in [-0.25, -0.2) is 13.2 Å². The first-order chi connectivity index (χ1) is 16.1. The Hall–Kier alpha value is -3.61. The van der Waals surface area contributed by atoms with Gasteiger partial charge in [0.05, 0.1) is 6.10 Å². The highest BCUT2D eigenvalue weighted by atomic mass is 19.3. The molecule has 2 amide bonds. The summed E-state index contributed by atoms with van der Waals surface area (Å²) < 4.78 is 77.7. The van der Waals surface area contributed by atoms with Crippen molar-refractivity contribution in [1.82, 2.24) is 10.6 Å². The molecular formula is C21H21F5N2O6. The van der Waals surface area contributed by atoms with E-state index in [9.17, 15) is 36.6 Å². The lowest BCUT2D eigenvalue weighted by molar-refractivity contribution is -0.124. The molecule has 0 aliphatic rings. The quantitative estimate of drug-likeness (QED) is 0.370. The van der Waals surface area contributed by atoms with Crippen molar-refractivity contribution >= 4 is 11.8 Å². The van der Waals surface area contributed by atoms with Crippen LogP contribution in [0.2, 0.25) is 0 Å². The second-order valence-corrected chi connectivity index (χ2v) is 6.72. The fourth-order valence-corrected chi connectivity index (χ4v) is 2.44. The third-order valence-electron chi connectivity index (χ3n) is 4.08. The summed E-state index contributed by atoms with van der Waals surface area (Å²) in [7, 11) is 0. The van der Waals surface area contributed by atoms with Crippen LogP contribution in [0.15, 0.2) is 36.4 Å². The minimum absolute atomic E-state index is 0.0285. The van der Waals surface area contributed by atoms with Crippen molar-refractivity contribution in [1.29, 1.82) is 0 Å². The molecule has 2 aromatic carbocycles. The maximum Gasteiger partial charge on any atom is 0.387 e. The Balaban J connectivity index is 1.60. The molecule has 0 saturated heterocycles. The highest BCUT2D eigenvalue weighted by Gasteiger charge is 2.13. The first-order valence-electron chi connectivity index (χ1n) is 9.80. The molecule has 0 aliphatic carbocycles. The molecule has 0 aliphatic heterocycles. The van der Waals surface area contributed by atoms with E-state index in [1.54, 1.807) is 0 Å². The standard InChI is InChI=1S/C21H21F5N2O6/c22-15-3-1-13(7-16(15)23)32-10-19(30)27-6-5-12(29)9-28-20(31)11-33-14-2-4-18(17(24)8-14)34-21(25)26/h1-4,7-8,12,21,29H,5-6,9-11H2,(H,27,30)(H,28,31)/t12-/m0/s1. The van der Waals surface area contributed by atoms with Gasteiger partial charge in [0.1, 0.15) is 11.5 Å². The number of halogens is 5. The first-order valence-corrected chi connectivity index (χ1v) is 9.80. The highest BCUT2D eigenvalue weighted by molar-refractivity contribution is 5.78. The molecule has 2 rings (SSSR count). The van der Waals surface area contributed by atoms with Crippen LogP contribution in [-0.4, -0.2) is 55.9 Å². The van der Waals surface area contributed by atoms with Gasteiger partial charge >= 0.3 is 6.61 Å². The van der Waals surface area contributed by atoms with Gasteiger partial charge in [-0.15, -0.1) is 0 Å². The summed E-state index contributed by atoms with van der Waals surface area (Å²) in [5.41, 5.74) is 0. The van der Waals surface area contributed by atoms with Gasteiger partial charge in [-0.1, -0.05) is 0 Å². The molecule has 3 N–H and O–H groups in total. The number of hydrogen-bond acceptors (Lipinski definition) is 6. The Morgan fingerprint density at radius 2 is 1.44 bits per heavy atom. The van der Waals surface area contributed by atoms with E-state index in [0.717, 1.165) is 36.4 Å². The lowest BCUT2D eigenvalue weighted by atomic mass is 10.2. The fraction of sp³-hybridized carbons (Fsp3) is 0.333. The maximum absolute atomic E-state index is 13.6. The molecule has 0 aromatic heterocycles. The van der Waals surface area contributed by atoms with Gasteiger partial charge in [0.15, 0.2) is 36.4 Å². The predicted molar refractivity (Wildman–Crippen MR) is 107 cm³/mol. The van der Waals surface area contributed by atoms with Crippen molar-refractivity contribution in [3.8, 4) is 17.2 Å². The molecule has 186 valence electrons. The molecule has 0 bridgehead atoms. The summed E-state index contributed by atoms with van der Waals surface area (Å²) in [5.74, 6) is -5.25. The van der Waals surface area contributed by atoms with Crippen LogP contribution in [0, 0.1) is 17.5 Å². The number of aliphatic hydroxyl groups excluding tert-OH is 1. The Labute approximate surface area is 190 Å². The molecule has 0 saturated carbocycles. The van der Waals surface area contributed by atoms with Crippen molar-refractivity contribution < 1.29 is 50.9 Å². The summed E-state index contributed by atoms with van der Waals surface area (Å²) in [6.07, 6.45) is -0.936. The van der Waals surface area contributed by atoms with Crippen molar-refractivity contribution in [2.45, 2.75) is 19.1 Å². The third-order valence-corrected chi connectivity index (χ3v) is 4.08. The number of carbonyl (C=O) groups excluding carboxylic acids is 2. The predicted octanol–water partition coefficient (Wildman–Crippen LogP) is 2.15. The Morgan fingerprint density at radius 3 is 2.03 bits per heavy atom. The van der Waals surface area contributed by atoms with Crippen LogP contribution in [0.4, 0.5) is 22.0 Å². The van der Waals surface area contributed by atoms with Crippen LogP contribution in [0.25, 0.3) is 0 Å². The number of hydrogen-bond donors (Lipinski definition) is 3. The average Bonchev–Trinajstić information content (AvgIpc) is 2.78. The summed E-state index contributed by atoms with van der Waals surface area (Å²) >= 11 is 0. The number of benzene rings is 2. The average molecular weight is 492 g/mol. The number of amides is 2. The highest BCUT2D eigenvalue weighted by Crippen LogP contribution is 2.24. The second-order valence-electron chi connectivity index (χ2n) is 6.72. The summed E-state index contributed by atoms with van der Waals surface area (Å²) in [6.45, 7) is -4.30. The van der Waals surface area contributed by atoms with E-state index in [1.807, 2.05) is 0 Å². The van der Waals surface area contributed by atoms with Gasteiger partial charge in [0, 0.05) is 25.2 Å². The van der Waals surface area contributed by atoms with Crippen molar-refractivity contribution in [3.05, 3.63) is 53.8 Å². The minimum atomic E-state index is -3.19. The van der Waals surface area contributed by atoms with Crippen LogP contribution in [0.5, 0.6) is 17.2 Å². The summed E-state index contributed by atoms with van der Waals surface area (Å²) in [5, 5.41) is 14.7. The zero-order chi connectivity index (χ0) is 25.1. The van der Waals surface area contributed by atoms with E-state index >= 15 is 0 Å². The number of alkyl halides is 2. The summed E-state index contributed by atoms with van der Waals surface area (Å²) in [6, 6.07) is 5.66. The van der Waals surface area contributed by atoms with Crippen LogP contribution < -0.4 is 24.8 Å². The zero-order valence-corrected chi connectivity index (χ0v) is 17.5. The van der Waals surface area contributed by atoms with E-state index in [4.69, 9.17) is 9.47 Å². The van der Waals surface area contributed by atoms with Gasteiger partial charge in [0.25, 0.3) is 11.8 Å². The van der Waals surface area contributed by atoms with Gasteiger partial charge < -0.3 is 30.0 Å². The van der Waals surface area contributed by atoms with E-state index in [-0.39, 0.29) is 31.0 Å². The molecule has 0 radical (unpaired) electrons. The SMILES string of the molecule is O=C(COc1ccc(F)c(F)c1)NCC[C@H](O)CNC(=O)COc1ccc(OC(F)F)c(F)c1. The number of ether oxygens (including phenoxy) is 3. The molecular weight excluding hydrogens is 471 g/mol. The topological polar surface area (TPSA) is 106 Å². The number of carbonyl (C=O) groups is 2. The molecule has 0 fully saturated rings. The molecule has 8 nitrogen and oxygen atoms in total. The zero-order valence-electron chi connectivity index (χ0n) is 17.5. The van der Waals surface area contributed by atoms with E-state index in [0.29, 0.717) is 0 Å². The van der Waals surface area contributed by atoms with E-state index in [2.05, 4.69) is 15.4 Å². The number of aliphatic hydroxyl groups is 1. The molecule has 2 aromatic rings. The third kappa shape index (κ3) is 9.48. The van der Waals surface area contributed by atoms with Crippen molar-refractivity contribution in [2.75, 3.05) is 26.3 Å². The second kappa shape index (κ2) is 13.2. The van der Waals surface area contributed by atoms with Crippen LogP contribution in [-0.2, 0) is 9.59 Å². The maximum atomic E-state index is 13.6. The molecule has 1 atom stereocenters. The van der Waals surface area contributed by atoms with Crippen molar-refractivity contribution in [3.63, 3.8) is 0 Å². The monoisotopic (exact) mass is 492 g/mol. The van der Waals surface area contributed by atoms with E-state index in [1.165, 1.54) is 0 Å². The largest absolute Gasteiger partial charge is 0.484 e. The van der Waals surface area contributed by atoms with Crippen LogP contribution in [0.3, 0.4) is 0 Å². The van der Waals surface area contributed by atoms with Gasteiger partial charge in [-0.2, -0.15) is 8.78 Å². The van der Waals surface area contributed by atoms with Gasteiger partial charge in [-0.05, 0) is 30.7 Å². The number of nitrogens with one attached hydrogen (secondary N) is 2. The summed E-state index contributed by atoms with van der Waals surface area (Å²) in [4.78, 5) is 23.5. The first kappa shape index (κ1) is 26.6. The smallest absolute Gasteiger partial charge is 0.387 e. The minimum Gasteiger partial charge on any atom is -0.484 e. The molecule has 13 heteroatoms. The lowest BCUT2D eigenvalue weighted by Gasteiger charge is -2.13. The fourth-order valence-electron chi connectivity index (χ4n) is 2.44. The molecule has 0 spiro atoms. The lowest BCUT2D eigenvalue weighted by Crippen LogP contribution is -2.37. The normalized spacial score (nSPS) is 11.6. The van der Waals surface area contributed by atoms with Gasteiger partial charge in [-0.3, -0.25) is 9.59 Å². The Bertz CT molecular complexity index is 979. The van der Waals surface area contributed by atoms with Crippen LogP contribution >= 0.6 is 0 Å². The molecule has 0 unspecified atom stereocenters.